The summed E-state index contributed by atoms with van der Waals surface area (Å²) in [5.41, 5.74) is 1.89. The van der Waals surface area contributed by atoms with Crippen LogP contribution in [0, 0.1) is 0 Å². The van der Waals surface area contributed by atoms with Crippen LogP contribution in [0.2, 0.25) is 5.02 Å². The molecular weight excluding hydrogens is 382 g/mol. The number of benzene rings is 1. The molecule has 7 nitrogen and oxygen atoms in total. The number of nitrogens with one attached hydrogen (secondary N) is 2. The van der Waals surface area contributed by atoms with Crippen molar-refractivity contribution < 1.29 is 19.1 Å². The normalized spacial score (nSPS) is 11.4. The van der Waals surface area contributed by atoms with Crippen LogP contribution >= 0.6 is 11.6 Å². The summed E-state index contributed by atoms with van der Waals surface area (Å²) in [6, 6.07) is 10.4. The second-order valence-corrected chi connectivity index (χ2v) is 6.62. The summed E-state index contributed by atoms with van der Waals surface area (Å²) in [7, 11) is 0. The van der Waals surface area contributed by atoms with E-state index in [0.717, 1.165) is 6.42 Å². The highest BCUT2D eigenvalue weighted by atomic mass is 35.5. The highest BCUT2D eigenvalue weighted by Gasteiger charge is 2.12. The number of hydrogen-bond donors (Lipinski definition) is 2. The molecule has 2 amide bonds. The Balaban J connectivity index is 1.73. The molecule has 1 heterocycles. The van der Waals surface area contributed by atoms with Crippen LogP contribution in [0.3, 0.4) is 0 Å². The van der Waals surface area contributed by atoms with Gasteiger partial charge in [0.25, 0.3) is 11.8 Å². The Hall–Kier alpha value is -2.93. The molecule has 1 aromatic heterocycles. The van der Waals surface area contributed by atoms with Crippen LogP contribution in [-0.4, -0.2) is 35.9 Å². The number of halogens is 1. The van der Waals surface area contributed by atoms with Gasteiger partial charge in [-0.3, -0.25) is 19.4 Å². The van der Waals surface area contributed by atoms with Gasteiger partial charge in [0.1, 0.15) is 12.2 Å². The van der Waals surface area contributed by atoms with Crippen molar-refractivity contribution in [1.82, 2.24) is 10.3 Å². The molecule has 148 valence electrons. The molecule has 0 saturated heterocycles. The zero-order chi connectivity index (χ0) is 20.5. The summed E-state index contributed by atoms with van der Waals surface area (Å²) in [5, 5.41) is 5.36. The SMILES string of the molecule is CC[C@@H](C)c1ccc(NC(=O)COC(=O)CNC(=O)c2cc(Cl)ccn2)cc1. The molecule has 2 aromatic rings. The first kappa shape index (κ1) is 21.4. The molecule has 0 spiro atoms. The maximum Gasteiger partial charge on any atom is 0.325 e. The topological polar surface area (TPSA) is 97.4 Å². The average Bonchev–Trinajstić information content (AvgIpc) is 2.70. The van der Waals surface area contributed by atoms with Crippen LogP contribution in [0.5, 0.6) is 0 Å². The Labute approximate surface area is 168 Å². The van der Waals surface area contributed by atoms with Crippen LogP contribution in [0.25, 0.3) is 0 Å². The van der Waals surface area contributed by atoms with E-state index in [0.29, 0.717) is 16.6 Å². The first-order valence-electron chi connectivity index (χ1n) is 8.84. The van der Waals surface area contributed by atoms with Crippen LogP contribution in [0.4, 0.5) is 5.69 Å². The third-order valence-electron chi connectivity index (χ3n) is 4.09. The number of carbonyl (C=O) groups is 3. The van der Waals surface area contributed by atoms with Crippen LogP contribution < -0.4 is 10.6 Å². The lowest BCUT2D eigenvalue weighted by Crippen LogP contribution is -2.32. The summed E-state index contributed by atoms with van der Waals surface area (Å²) in [5.74, 6) is -1.32. The molecule has 1 atom stereocenters. The van der Waals surface area contributed by atoms with Gasteiger partial charge < -0.3 is 15.4 Å². The standard InChI is InChI=1S/C20H22ClN3O4/c1-3-13(2)14-4-6-16(7-5-14)24-18(25)12-28-19(26)11-23-20(27)17-10-15(21)8-9-22-17/h4-10,13H,3,11-12H2,1-2H3,(H,23,27)(H,24,25)/t13-/m1/s1. The minimum absolute atomic E-state index is 0.0823. The number of aromatic nitrogens is 1. The molecule has 1 aromatic carbocycles. The Morgan fingerprint density at radius 2 is 1.89 bits per heavy atom. The van der Waals surface area contributed by atoms with Crippen molar-refractivity contribution in [3.63, 3.8) is 0 Å². The summed E-state index contributed by atoms with van der Waals surface area (Å²) in [6.07, 6.45) is 2.42. The summed E-state index contributed by atoms with van der Waals surface area (Å²) in [6.45, 7) is 3.41. The Morgan fingerprint density at radius 3 is 2.54 bits per heavy atom. The first-order valence-corrected chi connectivity index (χ1v) is 9.22. The van der Waals surface area contributed by atoms with Gasteiger partial charge in [-0.1, -0.05) is 37.6 Å². The van der Waals surface area contributed by atoms with Gasteiger partial charge in [0.15, 0.2) is 6.61 Å². The highest BCUT2D eigenvalue weighted by Crippen LogP contribution is 2.20. The third kappa shape index (κ3) is 6.66. The second-order valence-electron chi connectivity index (χ2n) is 6.18. The molecule has 0 saturated carbocycles. The van der Waals surface area contributed by atoms with E-state index in [1.165, 1.54) is 23.9 Å². The lowest BCUT2D eigenvalue weighted by molar-refractivity contribution is -0.146. The monoisotopic (exact) mass is 403 g/mol. The number of pyridine rings is 1. The van der Waals surface area contributed by atoms with Crippen molar-refractivity contribution in [3.05, 3.63) is 58.9 Å². The molecule has 2 rings (SSSR count). The minimum Gasteiger partial charge on any atom is -0.454 e. The zero-order valence-corrected chi connectivity index (χ0v) is 16.5. The number of anilines is 1. The Kier molecular flexibility index (Phi) is 7.95. The maximum atomic E-state index is 11.9. The van der Waals surface area contributed by atoms with E-state index in [1.807, 2.05) is 12.1 Å². The van der Waals surface area contributed by atoms with Crippen LogP contribution in [0.1, 0.15) is 42.2 Å². The number of carbonyl (C=O) groups excluding carboxylic acids is 3. The third-order valence-corrected chi connectivity index (χ3v) is 4.32. The summed E-state index contributed by atoms with van der Waals surface area (Å²) in [4.78, 5) is 39.3. The van der Waals surface area contributed by atoms with E-state index in [4.69, 9.17) is 16.3 Å². The van der Waals surface area contributed by atoms with Crippen molar-refractivity contribution in [1.29, 1.82) is 0 Å². The molecule has 28 heavy (non-hydrogen) atoms. The van der Waals surface area contributed by atoms with Gasteiger partial charge in [-0.05, 0) is 42.2 Å². The van der Waals surface area contributed by atoms with Gasteiger partial charge in [0, 0.05) is 16.9 Å². The number of hydrogen-bond acceptors (Lipinski definition) is 5. The number of ether oxygens (including phenoxy) is 1. The summed E-state index contributed by atoms with van der Waals surface area (Å²) >= 11 is 5.78. The molecule has 8 heteroatoms. The van der Waals surface area contributed by atoms with Crippen molar-refractivity contribution >= 4 is 35.1 Å². The van der Waals surface area contributed by atoms with E-state index in [-0.39, 0.29) is 12.2 Å². The van der Waals surface area contributed by atoms with E-state index in [1.54, 1.807) is 12.1 Å². The van der Waals surface area contributed by atoms with Gasteiger partial charge in [-0.25, -0.2) is 0 Å². The van der Waals surface area contributed by atoms with Crippen molar-refractivity contribution in [2.45, 2.75) is 26.2 Å². The quantitative estimate of drug-likeness (QED) is 0.660. The predicted octanol–water partition coefficient (Wildman–Crippen LogP) is 3.16. The molecule has 2 N–H and O–H groups in total. The fraction of sp³-hybridized carbons (Fsp3) is 0.300. The van der Waals surface area contributed by atoms with E-state index >= 15 is 0 Å². The molecule has 0 bridgehead atoms. The van der Waals surface area contributed by atoms with Gasteiger partial charge in [-0.15, -0.1) is 0 Å². The number of esters is 1. The fourth-order valence-electron chi connectivity index (χ4n) is 2.30. The number of rotatable bonds is 8. The molecule has 0 aliphatic rings. The van der Waals surface area contributed by atoms with Gasteiger partial charge in [0.05, 0.1) is 0 Å². The molecule has 0 radical (unpaired) electrons. The van der Waals surface area contributed by atoms with Gasteiger partial charge >= 0.3 is 5.97 Å². The molecule has 0 aliphatic carbocycles. The lowest BCUT2D eigenvalue weighted by Gasteiger charge is -2.11. The molecule has 0 fully saturated rings. The smallest absolute Gasteiger partial charge is 0.325 e. The lowest BCUT2D eigenvalue weighted by atomic mass is 9.99. The van der Waals surface area contributed by atoms with Crippen LogP contribution in [-0.2, 0) is 14.3 Å². The van der Waals surface area contributed by atoms with Crippen molar-refractivity contribution in [2.24, 2.45) is 0 Å². The number of amides is 2. The van der Waals surface area contributed by atoms with Crippen molar-refractivity contribution in [3.8, 4) is 0 Å². The van der Waals surface area contributed by atoms with E-state index in [2.05, 4.69) is 29.5 Å². The first-order chi connectivity index (χ1) is 13.4. The average molecular weight is 404 g/mol. The largest absolute Gasteiger partial charge is 0.454 e. The van der Waals surface area contributed by atoms with Gasteiger partial charge in [0.2, 0.25) is 0 Å². The zero-order valence-electron chi connectivity index (χ0n) is 15.7. The predicted molar refractivity (Wildman–Crippen MR) is 106 cm³/mol. The Morgan fingerprint density at radius 1 is 1.18 bits per heavy atom. The minimum atomic E-state index is -0.738. The summed E-state index contributed by atoms with van der Waals surface area (Å²) < 4.78 is 4.85. The second kappa shape index (κ2) is 10.4. The Bertz CT molecular complexity index is 840. The van der Waals surface area contributed by atoms with Gasteiger partial charge in [-0.2, -0.15) is 0 Å². The molecular formula is C20H22ClN3O4. The maximum absolute atomic E-state index is 11.9. The van der Waals surface area contributed by atoms with Crippen LogP contribution in [0.15, 0.2) is 42.6 Å². The molecule has 0 unspecified atom stereocenters. The van der Waals surface area contributed by atoms with E-state index in [9.17, 15) is 14.4 Å². The number of nitrogens with zero attached hydrogens (tertiary/aromatic N) is 1. The molecule has 0 aliphatic heterocycles. The van der Waals surface area contributed by atoms with E-state index < -0.39 is 24.4 Å². The fourth-order valence-corrected chi connectivity index (χ4v) is 2.46. The highest BCUT2D eigenvalue weighted by molar-refractivity contribution is 6.30. The van der Waals surface area contributed by atoms with Crippen molar-refractivity contribution in [2.75, 3.05) is 18.5 Å².